The molecule has 1 aliphatic heterocycles. The van der Waals surface area contributed by atoms with Gasteiger partial charge in [-0.1, -0.05) is 59.6 Å². The number of hydrogen-bond donors (Lipinski definition) is 0. The number of carbonyl (C=O) groups excluding carboxylic acids is 2. The maximum Gasteiger partial charge on any atom is 0.309 e. The van der Waals surface area contributed by atoms with Crippen molar-refractivity contribution < 1.29 is 22.7 Å². The van der Waals surface area contributed by atoms with Crippen molar-refractivity contribution in [3.8, 4) is 0 Å². The molecule has 0 saturated carbocycles. The second kappa shape index (κ2) is 9.26. The molecule has 1 fully saturated rings. The summed E-state index contributed by atoms with van der Waals surface area (Å²) in [6.07, 6.45) is 0.603. The van der Waals surface area contributed by atoms with E-state index in [-0.39, 0.29) is 40.4 Å². The van der Waals surface area contributed by atoms with E-state index in [1.54, 1.807) is 30.3 Å². The van der Waals surface area contributed by atoms with E-state index in [1.807, 2.05) is 0 Å². The summed E-state index contributed by atoms with van der Waals surface area (Å²) in [5.41, 5.74) is 0.472. The Labute approximate surface area is 179 Å². The number of piperidine rings is 1. The van der Waals surface area contributed by atoms with E-state index < -0.39 is 21.9 Å². The number of halogens is 2. The predicted molar refractivity (Wildman–Crippen MR) is 110 cm³/mol. The number of ketones is 1. The van der Waals surface area contributed by atoms with Gasteiger partial charge in [0.1, 0.15) is 4.90 Å². The van der Waals surface area contributed by atoms with Gasteiger partial charge in [0.2, 0.25) is 10.0 Å². The molecular formula is C20H19Cl2NO5S. The van der Waals surface area contributed by atoms with Crippen molar-refractivity contribution in [2.75, 3.05) is 19.7 Å². The summed E-state index contributed by atoms with van der Waals surface area (Å²) >= 11 is 12.0. The van der Waals surface area contributed by atoms with E-state index >= 15 is 0 Å². The lowest BCUT2D eigenvalue weighted by molar-refractivity contribution is -0.148. The molecule has 2 aromatic carbocycles. The Morgan fingerprint density at radius 2 is 1.66 bits per heavy atom. The zero-order valence-electron chi connectivity index (χ0n) is 15.4. The number of esters is 1. The summed E-state index contributed by atoms with van der Waals surface area (Å²) < 4.78 is 32.1. The van der Waals surface area contributed by atoms with Crippen molar-refractivity contribution in [3.63, 3.8) is 0 Å². The van der Waals surface area contributed by atoms with Gasteiger partial charge in [-0.15, -0.1) is 0 Å². The third kappa shape index (κ3) is 4.98. The van der Waals surface area contributed by atoms with Crippen molar-refractivity contribution in [3.05, 3.63) is 64.1 Å². The molecule has 0 aromatic heterocycles. The topological polar surface area (TPSA) is 80.8 Å². The highest BCUT2D eigenvalue weighted by atomic mass is 35.5. The third-order valence-corrected chi connectivity index (χ3v) is 7.63. The number of rotatable bonds is 6. The fraction of sp³-hybridized carbons (Fsp3) is 0.300. The van der Waals surface area contributed by atoms with Gasteiger partial charge in [0.15, 0.2) is 12.4 Å². The zero-order chi connectivity index (χ0) is 21.0. The van der Waals surface area contributed by atoms with E-state index in [0.717, 1.165) is 0 Å². The molecular weight excluding hydrogens is 437 g/mol. The minimum atomic E-state index is -3.82. The van der Waals surface area contributed by atoms with Crippen LogP contribution in [0.4, 0.5) is 0 Å². The summed E-state index contributed by atoms with van der Waals surface area (Å²) in [6.45, 7) is -0.0331. The number of Topliss-reactive ketones (excluding diaryl/α,β-unsaturated/α-hetero) is 1. The van der Waals surface area contributed by atoms with Crippen molar-refractivity contribution in [2.24, 2.45) is 5.92 Å². The first-order chi connectivity index (χ1) is 13.8. The van der Waals surface area contributed by atoms with E-state index in [9.17, 15) is 18.0 Å². The molecule has 154 valence electrons. The highest BCUT2D eigenvalue weighted by Crippen LogP contribution is 2.32. The van der Waals surface area contributed by atoms with Crippen LogP contribution < -0.4 is 0 Å². The fourth-order valence-electron chi connectivity index (χ4n) is 3.12. The summed E-state index contributed by atoms with van der Waals surface area (Å²) in [4.78, 5) is 24.3. The molecule has 0 aliphatic carbocycles. The largest absolute Gasteiger partial charge is 0.457 e. The fourth-order valence-corrected chi connectivity index (χ4v) is 5.32. The van der Waals surface area contributed by atoms with Crippen LogP contribution in [0.15, 0.2) is 53.4 Å². The van der Waals surface area contributed by atoms with Crippen molar-refractivity contribution >= 4 is 45.0 Å². The molecule has 0 unspecified atom stereocenters. The maximum atomic E-state index is 12.8. The Morgan fingerprint density at radius 1 is 1.00 bits per heavy atom. The Kier molecular flexibility index (Phi) is 6.95. The summed E-state index contributed by atoms with van der Waals surface area (Å²) in [6, 6.07) is 13.0. The molecule has 1 heterocycles. The van der Waals surface area contributed by atoms with Gasteiger partial charge in [-0.2, -0.15) is 4.31 Å². The first-order valence-corrected chi connectivity index (χ1v) is 11.2. The first-order valence-electron chi connectivity index (χ1n) is 8.99. The maximum absolute atomic E-state index is 12.8. The smallest absolute Gasteiger partial charge is 0.309 e. The number of benzene rings is 2. The van der Waals surface area contributed by atoms with Gasteiger partial charge in [-0.05, 0) is 25.0 Å². The lowest BCUT2D eigenvalue weighted by Gasteiger charge is -2.30. The molecule has 0 bridgehead atoms. The summed E-state index contributed by atoms with van der Waals surface area (Å²) in [5.74, 6) is -1.23. The van der Waals surface area contributed by atoms with Crippen LogP contribution in [-0.4, -0.2) is 44.2 Å². The third-order valence-electron chi connectivity index (χ3n) is 4.76. The highest BCUT2D eigenvalue weighted by Gasteiger charge is 2.34. The normalized spacial score (nSPS) is 15.8. The molecule has 1 aliphatic rings. The molecule has 0 spiro atoms. The van der Waals surface area contributed by atoms with E-state index in [2.05, 4.69) is 0 Å². The van der Waals surface area contributed by atoms with Gasteiger partial charge in [0.25, 0.3) is 0 Å². The molecule has 0 N–H and O–H groups in total. The number of sulfonamides is 1. The van der Waals surface area contributed by atoms with Crippen LogP contribution in [0.25, 0.3) is 0 Å². The second-order valence-corrected chi connectivity index (χ2v) is 9.32. The lowest BCUT2D eigenvalue weighted by Crippen LogP contribution is -2.40. The molecule has 9 heteroatoms. The van der Waals surface area contributed by atoms with E-state index in [4.69, 9.17) is 27.9 Å². The first kappa shape index (κ1) is 21.8. The van der Waals surface area contributed by atoms with Gasteiger partial charge < -0.3 is 4.74 Å². The van der Waals surface area contributed by atoms with Crippen molar-refractivity contribution in [2.45, 2.75) is 17.7 Å². The summed E-state index contributed by atoms with van der Waals surface area (Å²) in [7, 11) is -3.82. The molecule has 0 atom stereocenters. The van der Waals surface area contributed by atoms with Crippen LogP contribution in [0.2, 0.25) is 10.0 Å². The number of nitrogens with zero attached hydrogens (tertiary/aromatic N) is 1. The highest BCUT2D eigenvalue weighted by molar-refractivity contribution is 7.89. The van der Waals surface area contributed by atoms with E-state index in [0.29, 0.717) is 18.4 Å². The summed E-state index contributed by atoms with van der Waals surface area (Å²) in [5, 5.41) is 0.143. The monoisotopic (exact) mass is 455 g/mol. The van der Waals surface area contributed by atoms with Crippen LogP contribution in [0.1, 0.15) is 23.2 Å². The second-order valence-electron chi connectivity index (χ2n) is 6.63. The Hall–Kier alpha value is -1.93. The van der Waals surface area contributed by atoms with Crippen LogP contribution in [-0.2, 0) is 19.6 Å². The molecule has 29 heavy (non-hydrogen) atoms. The molecule has 6 nitrogen and oxygen atoms in total. The SMILES string of the molecule is O=C(COC(=O)C1CCN(S(=O)(=O)c2cccc(Cl)c2Cl)CC1)c1ccccc1. The van der Waals surface area contributed by atoms with Crippen LogP contribution in [0.3, 0.4) is 0 Å². The van der Waals surface area contributed by atoms with Crippen molar-refractivity contribution in [1.82, 2.24) is 4.31 Å². The predicted octanol–water partition coefficient (Wildman–Crippen LogP) is 3.82. The minimum Gasteiger partial charge on any atom is -0.457 e. The lowest BCUT2D eigenvalue weighted by atomic mass is 9.98. The van der Waals surface area contributed by atoms with Crippen LogP contribution in [0.5, 0.6) is 0 Å². The number of carbonyl (C=O) groups is 2. The quantitative estimate of drug-likeness (QED) is 0.488. The van der Waals surface area contributed by atoms with Crippen LogP contribution in [0, 0.1) is 5.92 Å². The Morgan fingerprint density at radius 3 is 2.31 bits per heavy atom. The zero-order valence-corrected chi connectivity index (χ0v) is 17.7. The molecule has 0 amide bonds. The molecule has 1 saturated heterocycles. The number of hydrogen-bond acceptors (Lipinski definition) is 5. The molecule has 3 rings (SSSR count). The van der Waals surface area contributed by atoms with Crippen molar-refractivity contribution in [1.29, 1.82) is 0 Å². The Balaban J connectivity index is 1.56. The van der Waals surface area contributed by atoms with E-state index in [1.165, 1.54) is 22.5 Å². The van der Waals surface area contributed by atoms with Gasteiger partial charge in [0.05, 0.1) is 16.0 Å². The number of ether oxygens (including phenoxy) is 1. The minimum absolute atomic E-state index is 0.0184. The van der Waals surface area contributed by atoms with Crippen LogP contribution >= 0.6 is 23.2 Å². The average Bonchev–Trinajstić information content (AvgIpc) is 2.74. The van der Waals surface area contributed by atoms with Gasteiger partial charge >= 0.3 is 5.97 Å². The molecule has 0 radical (unpaired) electrons. The van der Waals surface area contributed by atoms with Gasteiger partial charge in [-0.25, -0.2) is 8.42 Å². The molecule has 2 aromatic rings. The average molecular weight is 456 g/mol. The van der Waals surface area contributed by atoms with Gasteiger partial charge in [0, 0.05) is 18.7 Å². The van der Waals surface area contributed by atoms with Gasteiger partial charge in [-0.3, -0.25) is 9.59 Å². The standard InChI is InChI=1S/C20H19Cl2NO5S/c21-16-7-4-8-18(19(16)22)29(26,27)23-11-9-15(10-12-23)20(25)28-13-17(24)14-5-2-1-3-6-14/h1-8,15H,9-13H2. The Bertz CT molecular complexity index is 1000.